The fourth-order valence-corrected chi connectivity index (χ4v) is 4.35. The van der Waals surface area contributed by atoms with E-state index in [9.17, 15) is 13.2 Å². The van der Waals surface area contributed by atoms with Gasteiger partial charge in [-0.2, -0.15) is 0 Å². The lowest BCUT2D eigenvalue weighted by Gasteiger charge is -2.34. The summed E-state index contributed by atoms with van der Waals surface area (Å²) in [4.78, 5) is 14.9. The first kappa shape index (κ1) is 16.2. The fraction of sp³-hybridized carbons (Fsp3) is 0.933. The van der Waals surface area contributed by atoms with E-state index >= 15 is 0 Å². The summed E-state index contributed by atoms with van der Waals surface area (Å²) in [7, 11) is -3.13. The second kappa shape index (κ2) is 6.45. The molecule has 2 saturated heterocycles. The number of carbonyl (C=O) groups excluding carboxylic acids is 1. The van der Waals surface area contributed by atoms with Crippen LogP contribution in [0, 0.1) is 11.8 Å². The van der Waals surface area contributed by atoms with E-state index in [1.54, 1.807) is 0 Å². The van der Waals surface area contributed by atoms with Crippen LogP contribution < -0.4 is 0 Å². The molecule has 0 aromatic rings. The van der Waals surface area contributed by atoms with Crippen molar-refractivity contribution < 1.29 is 17.9 Å². The Bertz CT molecular complexity index is 504. The summed E-state index contributed by atoms with van der Waals surface area (Å²) in [5.41, 5.74) is 0. The maximum absolute atomic E-state index is 12.8. The number of hydrogen-bond acceptors (Lipinski definition) is 4. The van der Waals surface area contributed by atoms with Gasteiger partial charge >= 0.3 is 0 Å². The minimum absolute atomic E-state index is 0.0130. The van der Waals surface area contributed by atoms with Gasteiger partial charge in [-0.25, -0.2) is 12.7 Å². The maximum Gasteiger partial charge on any atom is 0.226 e. The van der Waals surface area contributed by atoms with Crippen molar-refractivity contribution in [2.24, 2.45) is 11.8 Å². The molecule has 3 aliphatic rings. The molecule has 22 heavy (non-hydrogen) atoms. The highest BCUT2D eigenvalue weighted by molar-refractivity contribution is 7.88. The molecular weight excluding hydrogens is 304 g/mol. The minimum Gasteiger partial charge on any atom is -0.381 e. The van der Waals surface area contributed by atoms with Gasteiger partial charge in [0.2, 0.25) is 15.9 Å². The van der Waals surface area contributed by atoms with E-state index in [1.807, 2.05) is 0 Å². The Morgan fingerprint density at radius 3 is 2.36 bits per heavy atom. The molecule has 3 rings (SSSR count). The highest BCUT2D eigenvalue weighted by Gasteiger charge is 2.39. The van der Waals surface area contributed by atoms with Crippen LogP contribution in [-0.2, 0) is 19.6 Å². The summed E-state index contributed by atoms with van der Waals surface area (Å²) in [6.45, 7) is 3.34. The lowest BCUT2D eigenvalue weighted by Crippen LogP contribution is -2.46. The van der Waals surface area contributed by atoms with Crippen LogP contribution in [0.5, 0.6) is 0 Å². The number of hydrogen-bond donors (Lipinski definition) is 0. The number of carbonyl (C=O) groups is 1. The van der Waals surface area contributed by atoms with Gasteiger partial charge in [-0.15, -0.1) is 0 Å². The first-order valence-corrected chi connectivity index (χ1v) is 10.1. The zero-order valence-electron chi connectivity index (χ0n) is 13.2. The Morgan fingerprint density at radius 1 is 1.18 bits per heavy atom. The van der Waals surface area contributed by atoms with Crippen LogP contribution in [0.25, 0.3) is 0 Å². The van der Waals surface area contributed by atoms with E-state index in [-0.39, 0.29) is 11.8 Å². The van der Waals surface area contributed by atoms with Crippen molar-refractivity contribution in [1.29, 1.82) is 0 Å². The molecule has 0 aromatic carbocycles. The van der Waals surface area contributed by atoms with Crippen molar-refractivity contribution in [1.82, 2.24) is 9.21 Å². The van der Waals surface area contributed by atoms with Gasteiger partial charge in [0.15, 0.2) is 0 Å². The molecule has 1 unspecified atom stereocenters. The van der Waals surface area contributed by atoms with Gasteiger partial charge in [-0.3, -0.25) is 4.79 Å². The topological polar surface area (TPSA) is 66.9 Å². The van der Waals surface area contributed by atoms with E-state index in [4.69, 9.17) is 4.74 Å². The van der Waals surface area contributed by atoms with Gasteiger partial charge in [0.1, 0.15) is 0 Å². The van der Waals surface area contributed by atoms with Crippen LogP contribution in [0.15, 0.2) is 0 Å². The largest absolute Gasteiger partial charge is 0.381 e. The Balaban J connectivity index is 1.57. The van der Waals surface area contributed by atoms with Crippen LogP contribution in [0.2, 0.25) is 0 Å². The average molecular weight is 330 g/mol. The summed E-state index contributed by atoms with van der Waals surface area (Å²) in [5.74, 6) is 0.698. The summed E-state index contributed by atoms with van der Waals surface area (Å²) in [6.07, 6.45) is 5.81. The van der Waals surface area contributed by atoms with Crippen molar-refractivity contribution in [2.45, 2.75) is 38.1 Å². The average Bonchev–Trinajstić information content (AvgIpc) is 3.20. The summed E-state index contributed by atoms with van der Waals surface area (Å²) >= 11 is 0. The second-order valence-corrected chi connectivity index (χ2v) is 8.87. The number of sulfonamides is 1. The number of amides is 1. The van der Waals surface area contributed by atoms with Crippen molar-refractivity contribution >= 4 is 15.9 Å². The van der Waals surface area contributed by atoms with E-state index in [1.165, 1.54) is 10.6 Å². The van der Waals surface area contributed by atoms with Crippen LogP contribution in [0.3, 0.4) is 0 Å². The summed E-state index contributed by atoms with van der Waals surface area (Å²) < 4.78 is 30.0. The second-order valence-electron chi connectivity index (χ2n) is 6.89. The van der Waals surface area contributed by atoms with Crippen molar-refractivity contribution in [3.05, 3.63) is 0 Å². The van der Waals surface area contributed by atoms with Gasteiger partial charge in [-0.05, 0) is 32.1 Å². The molecule has 126 valence electrons. The van der Waals surface area contributed by atoms with Gasteiger partial charge in [0.25, 0.3) is 0 Å². The Hall–Kier alpha value is -0.660. The third-order valence-electron chi connectivity index (χ3n) is 5.02. The molecule has 2 aliphatic heterocycles. The van der Waals surface area contributed by atoms with E-state index in [0.29, 0.717) is 37.9 Å². The maximum atomic E-state index is 12.8. The van der Waals surface area contributed by atoms with E-state index in [0.717, 1.165) is 39.0 Å². The smallest absolute Gasteiger partial charge is 0.226 e. The molecule has 1 aliphatic carbocycles. The third kappa shape index (κ3) is 3.81. The fourth-order valence-electron chi connectivity index (χ4n) is 3.48. The highest BCUT2D eigenvalue weighted by atomic mass is 32.2. The number of rotatable bonds is 5. The van der Waals surface area contributed by atoms with Crippen LogP contribution in [0.1, 0.15) is 32.1 Å². The molecule has 0 bridgehead atoms. The zero-order valence-corrected chi connectivity index (χ0v) is 14.1. The number of ether oxygens (including phenoxy) is 1. The quantitative estimate of drug-likeness (QED) is 0.744. The predicted molar refractivity (Wildman–Crippen MR) is 82.8 cm³/mol. The molecule has 0 spiro atoms. The van der Waals surface area contributed by atoms with Crippen LogP contribution in [-0.4, -0.2) is 68.7 Å². The van der Waals surface area contributed by atoms with Crippen LogP contribution in [0.4, 0.5) is 0 Å². The van der Waals surface area contributed by atoms with Crippen molar-refractivity contribution in [2.75, 3.05) is 39.1 Å². The Kier molecular flexibility index (Phi) is 4.75. The molecule has 0 aromatic heterocycles. The number of nitrogens with zero attached hydrogens (tertiary/aromatic N) is 2. The predicted octanol–water partition coefficient (Wildman–Crippen LogP) is 0.686. The lowest BCUT2D eigenvalue weighted by molar-refractivity contribution is -0.138. The molecule has 0 radical (unpaired) electrons. The molecular formula is C15H26N2O4S. The van der Waals surface area contributed by atoms with Gasteiger partial charge in [-0.1, -0.05) is 0 Å². The first-order valence-electron chi connectivity index (χ1n) is 8.28. The third-order valence-corrected chi connectivity index (χ3v) is 6.32. The van der Waals surface area contributed by atoms with E-state index < -0.39 is 10.0 Å². The van der Waals surface area contributed by atoms with Crippen molar-refractivity contribution in [3.8, 4) is 0 Å². The molecule has 3 fully saturated rings. The zero-order chi connectivity index (χ0) is 15.7. The van der Waals surface area contributed by atoms with E-state index in [2.05, 4.69) is 4.90 Å². The summed E-state index contributed by atoms with van der Waals surface area (Å²) in [5, 5.41) is 0. The summed E-state index contributed by atoms with van der Waals surface area (Å²) in [6, 6.07) is 0.418. The molecule has 1 saturated carbocycles. The standard InChI is InChI=1S/C15H26N2O4S/c1-22(19,20)16-7-4-13(5-8-16)15(18)17(14-2-3-14)10-12-6-9-21-11-12/h12-14H,2-11H2,1H3. The van der Waals surface area contributed by atoms with Gasteiger partial charge in [0.05, 0.1) is 12.9 Å². The lowest BCUT2D eigenvalue weighted by atomic mass is 9.95. The molecule has 0 N–H and O–H groups in total. The number of piperidine rings is 1. The monoisotopic (exact) mass is 330 g/mol. The SMILES string of the molecule is CS(=O)(=O)N1CCC(C(=O)N(CC2CCOC2)C2CC2)CC1. The van der Waals surface area contributed by atoms with Crippen LogP contribution >= 0.6 is 0 Å². The Morgan fingerprint density at radius 2 is 1.86 bits per heavy atom. The first-order chi connectivity index (χ1) is 10.4. The molecule has 1 atom stereocenters. The van der Waals surface area contributed by atoms with Gasteiger partial charge < -0.3 is 9.64 Å². The molecule has 2 heterocycles. The molecule has 7 heteroatoms. The highest BCUT2D eigenvalue weighted by Crippen LogP contribution is 2.32. The van der Waals surface area contributed by atoms with Crippen molar-refractivity contribution in [3.63, 3.8) is 0 Å². The minimum atomic E-state index is -3.13. The van der Waals surface area contributed by atoms with Gasteiger partial charge in [0, 0.05) is 44.1 Å². The molecule has 6 nitrogen and oxygen atoms in total. The Labute approximate surface area is 132 Å². The normalized spacial score (nSPS) is 28.0. The molecule has 1 amide bonds.